The maximum absolute atomic E-state index is 10.7. The van der Waals surface area contributed by atoms with Crippen LogP contribution in [0.4, 0.5) is 5.69 Å². The molecule has 21 heavy (non-hydrogen) atoms. The summed E-state index contributed by atoms with van der Waals surface area (Å²) in [5.74, 6) is 0.654. The highest BCUT2D eigenvalue weighted by atomic mass is 16.6. The van der Waals surface area contributed by atoms with Crippen LogP contribution in [0.15, 0.2) is 18.2 Å². The number of rotatable bonds is 9. The van der Waals surface area contributed by atoms with Crippen molar-refractivity contribution in [2.75, 3.05) is 33.4 Å². The smallest absolute Gasteiger partial charge is 0.273 e. The van der Waals surface area contributed by atoms with Gasteiger partial charge in [-0.25, -0.2) is 0 Å². The Morgan fingerprint density at radius 2 is 2.00 bits per heavy atom. The molecule has 1 N–H and O–H groups in total. The molecule has 0 heterocycles. The molecule has 1 aromatic rings. The van der Waals surface area contributed by atoms with Crippen molar-refractivity contribution in [2.24, 2.45) is 0 Å². The zero-order valence-corrected chi connectivity index (χ0v) is 12.6. The van der Waals surface area contributed by atoms with Crippen LogP contribution in [0, 0.1) is 10.1 Å². The van der Waals surface area contributed by atoms with Gasteiger partial charge in [-0.3, -0.25) is 10.1 Å². The lowest BCUT2D eigenvalue weighted by atomic mass is 10.2. The van der Waals surface area contributed by atoms with Crippen molar-refractivity contribution < 1.29 is 19.5 Å². The van der Waals surface area contributed by atoms with Gasteiger partial charge in [-0.15, -0.1) is 0 Å². The van der Waals surface area contributed by atoms with Gasteiger partial charge in [0.2, 0.25) is 0 Å². The molecule has 0 aliphatic heterocycles. The van der Waals surface area contributed by atoms with E-state index in [1.54, 1.807) is 0 Å². The van der Waals surface area contributed by atoms with Gasteiger partial charge in [-0.1, -0.05) is 13.8 Å². The summed E-state index contributed by atoms with van der Waals surface area (Å²) in [4.78, 5) is 12.3. The van der Waals surface area contributed by atoms with Crippen LogP contribution in [-0.4, -0.2) is 54.4 Å². The first-order valence-electron chi connectivity index (χ1n) is 6.87. The van der Waals surface area contributed by atoms with Crippen LogP contribution in [0.2, 0.25) is 0 Å². The maximum Gasteiger partial charge on any atom is 0.273 e. The lowest BCUT2D eigenvalue weighted by Gasteiger charge is -2.22. The molecule has 7 heteroatoms. The summed E-state index contributed by atoms with van der Waals surface area (Å²) in [6.07, 6.45) is -0.634. The summed E-state index contributed by atoms with van der Waals surface area (Å²) < 4.78 is 10.6. The van der Waals surface area contributed by atoms with E-state index in [1.807, 2.05) is 13.8 Å². The van der Waals surface area contributed by atoms with Crippen molar-refractivity contribution in [3.8, 4) is 11.5 Å². The highest BCUT2D eigenvalue weighted by Gasteiger charge is 2.15. The quantitative estimate of drug-likeness (QED) is 0.551. The summed E-state index contributed by atoms with van der Waals surface area (Å²) in [5.41, 5.74) is -0.0668. The number of aliphatic hydroxyl groups excluding tert-OH is 1. The number of nitro groups is 1. The normalized spacial score (nSPS) is 12.2. The van der Waals surface area contributed by atoms with Crippen LogP contribution in [-0.2, 0) is 0 Å². The standard InChI is InChI=1S/C14H22N2O5/c1-4-15(5-2)9-12(17)10-21-13-7-6-11(16(18)19)8-14(13)20-3/h6-8,12,17H,4-5,9-10H2,1-3H3. The zero-order chi connectivity index (χ0) is 15.8. The molecular weight excluding hydrogens is 276 g/mol. The molecule has 1 unspecified atom stereocenters. The monoisotopic (exact) mass is 298 g/mol. The van der Waals surface area contributed by atoms with E-state index in [0.29, 0.717) is 12.3 Å². The van der Waals surface area contributed by atoms with E-state index in [4.69, 9.17) is 9.47 Å². The number of aliphatic hydroxyl groups is 1. The van der Waals surface area contributed by atoms with Gasteiger partial charge in [0.1, 0.15) is 12.7 Å². The highest BCUT2D eigenvalue weighted by molar-refractivity contribution is 5.48. The van der Waals surface area contributed by atoms with Gasteiger partial charge in [0.15, 0.2) is 11.5 Å². The predicted octanol–water partition coefficient (Wildman–Crippen LogP) is 1.68. The van der Waals surface area contributed by atoms with Crippen molar-refractivity contribution in [1.82, 2.24) is 4.90 Å². The van der Waals surface area contributed by atoms with Crippen molar-refractivity contribution in [1.29, 1.82) is 0 Å². The third kappa shape index (κ3) is 5.20. The summed E-state index contributed by atoms with van der Waals surface area (Å²) in [6, 6.07) is 4.11. The third-order valence-electron chi connectivity index (χ3n) is 3.15. The Morgan fingerprint density at radius 1 is 1.33 bits per heavy atom. The highest BCUT2D eigenvalue weighted by Crippen LogP contribution is 2.31. The zero-order valence-electron chi connectivity index (χ0n) is 12.6. The second-order valence-corrected chi connectivity index (χ2v) is 4.54. The molecule has 0 spiro atoms. The number of nitro benzene ring substituents is 1. The molecule has 0 saturated heterocycles. The number of ether oxygens (including phenoxy) is 2. The summed E-state index contributed by atoms with van der Waals surface area (Å²) in [6.45, 7) is 6.38. The minimum atomic E-state index is -0.634. The van der Waals surface area contributed by atoms with E-state index in [9.17, 15) is 15.2 Å². The molecule has 0 radical (unpaired) electrons. The topological polar surface area (TPSA) is 85.1 Å². The molecule has 1 aromatic carbocycles. The maximum atomic E-state index is 10.7. The van der Waals surface area contributed by atoms with Crippen molar-refractivity contribution in [3.05, 3.63) is 28.3 Å². The molecule has 0 aliphatic rings. The van der Waals surface area contributed by atoms with Crippen LogP contribution >= 0.6 is 0 Å². The van der Waals surface area contributed by atoms with Crippen LogP contribution in [0.25, 0.3) is 0 Å². The molecule has 1 atom stereocenters. The number of methoxy groups -OCH3 is 1. The molecule has 0 bridgehead atoms. The number of nitrogens with zero attached hydrogens (tertiary/aromatic N) is 2. The Bertz CT molecular complexity index is 463. The van der Waals surface area contributed by atoms with Gasteiger partial charge in [0, 0.05) is 12.6 Å². The summed E-state index contributed by atoms with van der Waals surface area (Å²) in [7, 11) is 1.41. The van der Waals surface area contributed by atoms with Crippen LogP contribution in [0.5, 0.6) is 11.5 Å². The molecule has 1 rings (SSSR count). The van der Waals surface area contributed by atoms with Gasteiger partial charge >= 0.3 is 0 Å². The van der Waals surface area contributed by atoms with Crippen molar-refractivity contribution >= 4 is 5.69 Å². The molecule has 0 saturated carbocycles. The van der Waals surface area contributed by atoms with E-state index in [2.05, 4.69) is 4.90 Å². The Morgan fingerprint density at radius 3 is 2.52 bits per heavy atom. The Kier molecular flexibility index (Phi) is 6.90. The van der Waals surface area contributed by atoms with E-state index in [-0.39, 0.29) is 18.0 Å². The lowest BCUT2D eigenvalue weighted by molar-refractivity contribution is -0.384. The number of likely N-dealkylation sites (N-methyl/N-ethyl adjacent to an activating group) is 1. The SMILES string of the molecule is CCN(CC)CC(O)COc1ccc([N+](=O)[O-])cc1OC. The molecule has 0 amide bonds. The first kappa shape index (κ1) is 17.2. The Hall–Kier alpha value is -1.86. The third-order valence-corrected chi connectivity index (χ3v) is 3.15. The van der Waals surface area contributed by atoms with Gasteiger partial charge in [0.25, 0.3) is 5.69 Å². The summed E-state index contributed by atoms with van der Waals surface area (Å²) >= 11 is 0. The van der Waals surface area contributed by atoms with E-state index < -0.39 is 11.0 Å². The molecular formula is C14H22N2O5. The van der Waals surface area contributed by atoms with Crippen molar-refractivity contribution in [3.63, 3.8) is 0 Å². The molecule has 0 fully saturated rings. The lowest BCUT2D eigenvalue weighted by Crippen LogP contribution is -2.35. The van der Waals surface area contributed by atoms with Gasteiger partial charge < -0.3 is 19.5 Å². The predicted molar refractivity (Wildman–Crippen MR) is 78.9 cm³/mol. The first-order valence-corrected chi connectivity index (χ1v) is 6.87. The first-order chi connectivity index (χ1) is 10.0. The number of hydrogen-bond acceptors (Lipinski definition) is 6. The minimum absolute atomic E-state index is 0.0668. The van der Waals surface area contributed by atoms with E-state index in [1.165, 1.54) is 25.3 Å². The number of benzene rings is 1. The molecule has 7 nitrogen and oxygen atoms in total. The fourth-order valence-corrected chi connectivity index (χ4v) is 1.91. The fraction of sp³-hybridized carbons (Fsp3) is 0.571. The Balaban J connectivity index is 2.64. The van der Waals surface area contributed by atoms with E-state index in [0.717, 1.165) is 13.1 Å². The van der Waals surface area contributed by atoms with Crippen LogP contribution < -0.4 is 9.47 Å². The average molecular weight is 298 g/mol. The fourth-order valence-electron chi connectivity index (χ4n) is 1.91. The van der Waals surface area contributed by atoms with Gasteiger partial charge in [-0.2, -0.15) is 0 Å². The van der Waals surface area contributed by atoms with Gasteiger partial charge in [0.05, 0.1) is 18.1 Å². The van der Waals surface area contributed by atoms with Crippen LogP contribution in [0.3, 0.4) is 0 Å². The summed E-state index contributed by atoms with van der Waals surface area (Å²) in [5, 5.41) is 20.6. The molecule has 0 aliphatic carbocycles. The van der Waals surface area contributed by atoms with Gasteiger partial charge in [-0.05, 0) is 19.2 Å². The van der Waals surface area contributed by atoms with E-state index >= 15 is 0 Å². The minimum Gasteiger partial charge on any atom is -0.493 e. The second-order valence-electron chi connectivity index (χ2n) is 4.54. The van der Waals surface area contributed by atoms with Crippen molar-refractivity contribution in [2.45, 2.75) is 20.0 Å². The Labute approximate surface area is 124 Å². The molecule has 118 valence electrons. The molecule has 0 aromatic heterocycles. The number of hydrogen-bond donors (Lipinski definition) is 1. The second kappa shape index (κ2) is 8.43. The average Bonchev–Trinajstić information content (AvgIpc) is 2.50. The largest absolute Gasteiger partial charge is 0.493 e. The number of non-ortho nitro benzene ring substituents is 1. The van der Waals surface area contributed by atoms with Crippen LogP contribution in [0.1, 0.15) is 13.8 Å².